The molecule has 1 saturated carbocycles. The Morgan fingerprint density at radius 2 is 2.10 bits per heavy atom. The van der Waals surface area contributed by atoms with Crippen molar-refractivity contribution in [2.24, 2.45) is 5.92 Å². The summed E-state index contributed by atoms with van der Waals surface area (Å²) < 4.78 is 0. The smallest absolute Gasteiger partial charge is 0.335 e. The van der Waals surface area contributed by atoms with Crippen molar-refractivity contribution >= 4 is 22.7 Å². The molecule has 1 aromatic heterocycles. The lowest BCUT2D eigenvalue weighted by atomic mass is 9.98. The summed E-state index contributed by atoms with van der Waals surface area (Å²) >= 11 is 0. The van der Waals surface area contributed by atoms with Gasteiger partial charge < -0.3 is 10.4 Å². The molecule has 104 valence electrons. The van der Waals surface area contributed by atoms with Crippen LogP contribution in [0, 0.1) is 5.92 Å². The Morgan fingerprint density at radius 3 is 2.75 bits per heavy atom. The zero-order valence-corrected chi connectivity index (χ0v) is 11.6. The maximum atomic E-state index is 11.0. The maximum Gasteiger partial charge on any atom is 0.335 e. The second kappa shape index (κ2) is 4.44. The number of fused-ring (bicyclic) bond motifs is 1. The monoisotopic (exact) mass is 271 g/mol. The molecule has 0 spiro atoms. The predicted molar refractivity (Wildman–Crippen MR) is 76.9 cm³/mol. The molecule has 3 rings (SSSR count). The topological polar surface area (TPSA) is 75.1 Å². The van der Waals surface area contributed by atoms with E-state index in [1.54, 1.807) is 18.2 Å². The lowest BCUT2D eigenvalue weighted by molar-refractivity contribution is 0.0697. The Kier molecular flexibility index (Phi) is 2.85. The number of hydrogen-bond donors (Lipinski definition) is 2. The lowest BCUT2D eigenvalue weighted by Gasteiger charge is -2.27. The molecule has 0 atom stereocenters. The predicted octanol–water partition coefficient (Wildman–Crippen LogP) is 2.93. The van der Waals surface area contributed by atoms with Crippen LogP contribution in [0.1, 0.15) is 37.0 Å². The standard InChI is InChI=1S/C15H17N3O2/c1-15(2,10-4-5-10)18-13-11-6-3-9(14(19)20)7-12(11)16-8-17-13/h3,6-8,10H,4-5H2,1-2H3,(H,19,20)(H,16,17,18). The summed E-state index contributed by atoms with van der Waals surface area (Å²) in [5.41, 5.74) is 0.879. The van der Waals surface area contributed by atoms with Gasteiger partial charge in [0.2, 0.25) is 0 Å². The van der Waals surface area contributed by atoms with Crippen molar-refractivity contribution in [2.45, 2.75) is 32.2 Å². The van der Waals surface area contributed by atoms with Gasteiger partial charge in [0.25, 0.3) is 0 Å². The summed E-state index contributed by atoms with van der Waals surface area (Å²) in [5, 5.41) is 13.3. The van der Waals surface area contributed by atoms with E-state index >= 15 is 0 Å². The van der Waals surface area contributed by atoms with Crippen LogP contribution in [0.5, 0.6) is 0 Å². The normalized spacial score (nSPS) is 15.3. The van der Waals surface area contributed by atoms with Crippen molar-refractivity contribution in [3.63, 3.8) is 0 Å². The molecule has 20 heavy (non-hydrogen) atoms. The van der Waals surface area contributed by atoms with Gasteiger partial charge in [0.05, 0.1) is 11.1 Å². The zero-order chi connectivity index (χ0) is 14.3. The number of rotatable bonds is 4. The summed E-state index contributed by atoms with van der Waals surface area (Å²) in [6, 6.07) is 4.93. The van der Waals surface area contributed by atoms with E-state index in [9.17, 15) is 4.79 Å². The SMILES string of the molecule is CC(C)(Nc1ncnc2cc(C(=O)O)ccc12)C1CC1. The second-order valence-corrected chi connectivity index (χ2v) is 5.88. The maximum absolute atomic E-state index is 11.0. The van der Waals surface area contributed by atoms with Crippen LogP contribution in [0.2, 0.25) is 0 Å². The van der Waals surface area contributed by atoms with E-state index in [0.717, 1.165) is 11.2 Å². The highest BCUT2D eigenvalue weighted by molar-refractivity contribution is 5.96. The molecular weight excluding hydrogens is 254 g/mol. The minimum absolute atomic E-state index is 0.00719. The molecule has 1 aliphatic rings. The van der Waals surface area contributed by atoms with Gasteiger partial charge in [0.15, 0.2) is 0 Å². The van der Waals surface area contributed by atoms with Crippen LogP contribution in [0.4, 0.5) is 5.82 Å². The first kappa shape index (κ1) is 12.8. The Morgan fingerprint density at radius 1 is 1.35 bits per heavy atom. The summed E-state index contributed by atoms with van der Waals surface area (Å²) in [6.45, 7) is 4.34. The van der Waals surface area contributed by atoms with Crippen LogP contribution in [-0.4, -0.2) is 26.6 Å². The van der Waals surface area contributed by atoms with Gasteiger partial charge in [0, 0.05) is 10.9 Å². The molecule has 2 aromatic rings. The molecule has 0 unspecified atom stereocenters. The van der Waals surface area contributed by atoms with Gasteiger partial charge >= 0.3 is 5.97 Å². The van der Waals surface area contributed by atoms with E-state index in [-0.39, 0.29) is 11.1 Å². The fourth-order valence-electron chi connectivity index (χ4n) is 2.50. The molecule has 2 N–H and O–H groups in total. The van der Waals surface area contributed by atoms with E-state index < -0.39 is 5.97 Å². The van der Waals surface area contributed by atoms with Crippen molar-refractivity contribution in [1.29, 1.82) is 0 Å². The molecule has 0 aliphatic heterocycles. The van der Waals surface area contributed by atoms with Crippen molar-refractivity contribution in [1.82, 2.24) is 9.97 Å². The van der Waals surface area contributed by atoms with Crippen molar-refractivity contribution in [2.75, 3.05) is 5.32 Å². The highest BCUT2D eigenvalue weighted by atomic mass is 16.4. The van der Waals surface area contributed by atoms with E-state index in [1.165, 1.54) is 19.2 Å². The molecule has 1 aromatic carbocycles. The Balaban J connectivity index is 2.01. The molecule has 1 aliphatic carbocycles. The number of carboxylic acids is 1. The third-order valence-corrected chi connectivity index (χ3v) is 3.92. The van der Waals surface area contributed by atoms with E-state index in [0.29, 0.717) is 11.4 Å². The number of hydrogen-bond acceptors (Lipinski definition) is 4. The fourth-order valence-corrected chi connectivity index (χ4v) is 2.50. The summed E-state index contributed by atoms with van der Waals surface area (Å²) in [4.78, 5) is 19.5. The number of carboxylic acid groups (broad SMARTS) is 1. The van der Waals surface area contributed by atoms with Crippen LogP contribution in [0.15, 0.2) is 24.5 Å². The number of aromatic nitrogens is 2. The minimum atomic E-state index is -0.946. The number of nitrogens with one attached hydrogen (secondary N) is 1. The lowest BCUT2D eigenvalue weighted by Crippen LogP contribution is -2.33. The number of nitrogens with zero attached hydrogens (tertiary/aromatic N) is 2. The van der Waals surface area contributed by atoms with Gasteiger partial charge in [-0.1, -0.05) is 0 Å². The van der Waals surface area contributed by atoms with Crippen molar-refractivity contribution < 1.29 is 9.90 Å². The highest BCUT2D eigenvalue weighted by Crippen LogP contribution is 2.41. The summed E-state index contributed by atoms with van der Waals surface area (Å²) in [5.74, 6) is 0.493. The van der Waals surface area contributed by atoms with Crippen LogP contribution < -0.4 is 5.32 Å². The first-order valence-electron chi connectivity index (χ1n) is 6.73. The van der Waals surface area contributed by atoms with Crippen molar-refractivity contribution in [3.05, 3.63) is 30.1 Å². The van der Waals surface area contributed by atoms with Gasteiger partial charge in [0.1, 0.15) is 12.1 Å². The van der Waals surface area contributed by atoms with Gasteiger partial charge in [-0.2, -0.15) is 0 Å². The molecule has 0 radical (unpaired) electrons. The second-order valence-electron chi connectivity index (χ2n) is 5.88. The Labute approximate surface area is 117 Å². The van der Waals surface area contributed by atoms with Gasteiger partial charge in [-0.15, -0.1) is 0 Å². The molecule has 5 nitrogen and oxygen atoms in total. The van der Waals surface area contributed by atoms with E-state index in [2.05, 4.69) is 29.1 Å². The van der Waals surface area contributed by atoms with Gasteiger partial charge in [-0.25, -0.2) is 14.8 Å². The number of anilines is 1. The quantitative estimate of drug-likeness (QED) is 0.894. The Hall–Kier alpha value is -2.17. The molecule has 5 heteroatoms. The van der Waals surface area contributed by atoms with E-state index in [1.807, 2.05) is 0 Å². The van der Waals surface area contributed by atoms with Crippen LogP contribution >= 0.6 is 0 Å². The van der Waals surface area contributed by atoms with E-state index in [4.69, 9.17) is 5.11 Å². The largest absolute Gasteiger partial charge is 0.478 e. The molecule has 0 saturated heterocycles. The van der Waals surface area contributed by atoms with Crippen LogP contribution in [0.3, 0.4) is 0 Å². The molecule has 0 bridgehead atoms. The summed E-state index contributed by atoms with van der Waals surface area (Å²) in [6.07, 6.45) is 3.96. The summed E-state index contributed by atoms with van der Waals surface area (Å²) in [7, 11) is 0. The molecule has 1 heterocycles. The minimum Gasteiger partial charge on any atom is -0.478 e. The van der Waals surface area contributed by atoms with Crippen LogP contribution in [0.25, 0.3) is 10.9 Å². The average molecular weight is 271 g/mol. The third kappa shape index (κ3) is 2.31. The van der Waals surface area contributed by atoms with Gasteiger partial charge in [-0.3, -0.25) is 0 Å². The number of aromatic carboxylic acids is 1. The average Bonchev–Trinajstić information content (AvgIpc) is 3.22. The van der Waals surface area contributed by atoms with Crippen LogP contribution in [-0.2, 0) is 0 Å². The first-order valence-corrected chi connectivity index (χ1v) is 6.73. The first-order chi connectivity index (χ1) is 9.47. The molecular formula is C15H17N3O2. The number of benzene rings is 1. The van der Waals surface area contributed by atoms with Crippen molar-refractivity contribution in [3.8, 4) is 0 Å². The van der Waals surface area contributed by atoms with Gasteiger partial charge in [-0.05, 0) is 50.8 Å². The Bertz CT molecular complexity index is 678. The fraction of sp³-hybridized carbons (Fsp3) is 0.400. The molecule has 1 fully saturated rings. The third-order valence-electron chi connectivity index (χ3n) is 3.92. The zero-order valence-electron chi connectivity index (χ0n) is 11.6. The number of carbonyl (C=O) groups is 1. The highest BCUT2D eigenvalue weighted by Gasteiger charge is 2.38. The molecule has 0 amide bonds.